The number of aryl methyl sites for hydroxylation is 2. The summed E-state index contributed by atoms with van der Waals surface area (Å²) in [5.41, 5.74) is 2.35. The second kappa shape index (κ2) is 13.8. The number of nitrogens with zero attached hydrogens (tertiary/aromatic N) is 1. The number of anilines is 1. The summed E-state index contributed by atoms with van der Waals surface area (Å²) >= 11 is 0. The van der Waals surface area contributed by atoms with Gasteiger partial charge in [-0.15, -0.1) is 0 Å². The highest BCUT2D eigenvalue weighted by molar-refractivity contribution is 5.99. The second-order valence-electron chi connectivity index (χ2n) is 12.6. The Bertz CT molecular complexity index is 1410. The van der Waals surface area contributed by atoms with Crippen LogP contribution in [0, 0.1) is 13.8 Å². The summed E-state index contributed by atoms with van der Waals surface area (Å²) in [6.45, 7) is 14.9. The predicted molar refractivity (Wildman–Crippen MR) is 170 cm³/mol. The second-order valence-corrected chi connectivity index (χ2v) is 12.6. The fourth-order valence-corrected chi connectivity index (χ4v) is 4.71. The van der Waals surface area contributed by atoms with Crippen LogP contribution in [0.5, 0.6) is 5.75 Å². The molecule has 3 rings (SSSR count). The van der Waals surface area contributed by atoms with Crippen molar-refractivity contribution in [2.75, 3.05) is 5.32 Å². The summed E-state index contributed by atoms with van der Waals surface area (Å²) in [5.74, 6) is -0.710. The number of nitrogens with one attached hydrogen (secondary N) is 2. The Morgan fingerprint density at radius 2 is 1.49 bits per heavy atom. The molecule has 0 fully saturated rings. The van der Waals surface area contributed by atoms with Crippen LogP contribution < -0.4 is 10.6 Å². The van der Waals surface area contributed by atoms with Crippen molar-refractivity contribution in [2.24, 2.45) is 0 Å². The number of phenolic OH excluding ortho intramolecular Hbond substituents is 1. The minimum absolute atomic E-state index is 0.0905. The van der Waals surface area contributed by atoms with Crippen molar-refractivity contribution in [3.8, 4) is 5.75 Å². The van der Waals surface area contributed by atoms with E-state index >= 15 is 0 Å². The number of para-hydroxylation sites is 1. The zero-order chi connectivity index (χ0) is 31.9. The molecule has 0 radical (unpaired) electrons. The molecule has 0 heterocycles. The van der Waals surface area contributed by atoms with E-state index in [-0.39, 0.29) is 18.1 Å². The van der Waals surface area contributed by atoms with Gasteiger partial charge in [-0.1, -0.05) is 67.1 Å². The Hall–Kier alpha value is -4.33. The first kappa shape index (κ1) is 33.2. The number of carbonyl (C=O) groups excluding carboxylic acids is 3. The lowest BCUT2D eigenvalue weighted by Crippen LogP contribution is -2.59. The first-order chi connectivity index (χ1) is 20.1. The van der Waals surface area contributed by atoms with Gasteiger partial charge >= 0.3 is 6.09 Å². The summed E-state index contributed by atoms with van der Waals surface area (Å²) in [6, 6.07) is 19.4. The normalized spacial score (nSPS) is 13.0. The van der Waals surface area contributed by atoms with E-state index in [1.807, 2.05) is 83.1 Å². The van der Waals surface area contributed by atoms with Gasteiger partial charge in [0.15, 0.2) is 0 Å². The molecule has 3 aromatic rings. The molecule has 8 nitrogen and oxygen atoms in total. The summed E-state index contributed by atoms with van der Waals surface area (Å²) in [4.78, 5) is 43.6. The molecule has 3 amide bonds. The number of amides is 3. The van der Waals surface area contributed by atoms with Gasteiger partial charge in [-0.2, -0.15) is 0 Å². The number of carbonyl (C=O) groups is 3. The molecule has 0 spiro atoms. The Morgan fingerprint density at radius 3 is 2.05 bits per heavy atom. The van der Waals surface area contributed by atoms with E-state index in [2.05, 4.69) is 10.6 Å². The quantitative estimate of drug-likeness (QED) is 0.241. The van der Waals surface area contributed by atoms with Crippen LogP contribution in [0.1, 0.15) is 76.3 Å². The molecular formula is C35H45N3O5. The largest absolute Gasteiger partial charge is 0.508 e. The Balaban J connectivity index is 2.14. The van der Waals surface area contributed by atoms with Crippen molar-refractivity contribution in [3.05, 3.63) is 95.1 Å². The molecule has 0 aliphatic carbocycles. The Morgan fingerprint density at radius 1 is 0.884 bits per heavy atom. The molecular weight excluding hydrogens is 542 g/mol. The van der Waals surface area contributed by atoms with Crippen molar-refractivity contribution in [3.63, 3.8) is 0 Å². The van der Waals surface area contributed by atoms with Gasteiger partial charge in [0.1, 0.15) is 23.4 Å². The van der Waals surface area contributed by atoms with E-state index in [0.29, 0.717) is 17.7 Å². The first-order valence-electron chi connectivity index (χ1n) is 14.6. The van der Waals surface area contributed by atoms with Crippen LogP contribution in [0.2, 0.25) is 0 Å². The van der Waals surface area contributed by atoms with E-state index in [1.165, 1.54) is 12.1 Å². The Kier molecular flexibility index (Phi) is 10.6. The van der Waals surface area contributed by atoms with Crippen LogP contribution in [0.15, 0.2) is 72.8 Å². The average Bonchev–Trinajstić information content (AvgIpc) is 2.93. The number of hydrogen-bond donors (Lipinski definition) is 3. The highest BCUT2D eigenvalue weighted by atomic mass is 16.6. The molecule has 0 saturated heterocycles. The SMILES string of the molecule is CCC(C)(C)N(C(=O)C(Cc1ccc(O)cc1)NC(=O)OC(C)(C)C)C(C(=O)Nc1ccccc1C)c1ccc(C)cc1. The van der Waals surface area contributed by atoms with E-state index in [4.69, 9.17) is 4.74 Å². The smallest absolute Gasteiger partial charge is 0.408 e. The van der Waals surface area contributed by atoms with Crippen LogP contribution in [0.3, 0.4) is 0 Å². The minimum Gasteiger partial charge on any atom is -0.508 e. The van der Waals surface area contributed by atoms with Crippen LogP contribution in [-0.2, 0) is 20.7 Å². The first-order valence-corrected chi connectivity index (χ1v) is 14.6. The van der Waals surface area contributed by atoms with Gasteiger partial charge in [-0.3, -0.25) is 9.59 Å². The Labute approximate surface area is 255 Å². The van der Waals surface area contributed by atoms with Crippen LogP contribution in [0.25, 0.3) is 0 Å². The minimum atomic E-state index is -1.07. The molecule has 0 aromatic heterocycles. The molecule has 2 unspecified atom stereocenters. The monoisotopic (exact) mass is 587 g/mol. The van der Waals surface area contributed by atoms with Gasteiger partial charge in [0.05, 0.1) is 0 Å². The van der Waals surface area contributed by atoms with Gasteiger partial charge < -0.3 is 25.4 Å². The molecule has 0 bridgehead atoms. The molecule has 2 atom stereocenters. The van der Waals surface area contributed by atoms with E-state index in [1.54, 1.807) is 37.8 Å². The predicted octanol–water partition coefficient (Wildman–Crippen LogP) is 6.84. The lowest BCUT2D eigenvalue weighted by Gasteiger charge is -2.44. The molecule has 0 aliphatic rings. The third-order valence-corrected chi connectivity index (χ3v) is 7.42. The number of rotatable bonds is 10. The number of alkyl carbamates (subject to hydrolysis) is 1. The number of benzene rings is 3. The maximum Gasteiger partial charge on any atom is 0.408 e. The number of aromatic hydroxyl groups is 1. The van der Waals surface area contributed by atoms with Crippen LogP contribution in [-0.4, -0.2) is 45.1 Å². The lowest BCUT2D eigenvalue weighted by molar-refractivity contribution is -0.147. The summed E-state index contributed by atoms with van der Waals surface area (Å²) in [7, 11) is 0. The number of hydrogen-bond acceptors (Lipinski definition) is 5. The van der Waals surface area contributed by atoms with Gasteiger partial charge in [0, 0.05) is 17.6 Å². The van der Waals surface area contributed by atoms with Gasteiger partial charge in [0.2, 0.25) is 5.91 Å². The molecule has 0 aliphatic heterocycles. The molecule has 8 heteroatoms. The molecule has 3 aromatic carbocycles. The van der Waals surface area contributed by atoms with Gasteiger partial charge in [-0.25, -0.2) is 4.79 Å². The third-order valence-electron chi connectivity index (χ3n) is 7.42. The summed E-state index contributed by atoms with van der Waals surface area (Å²) in [6.07, 6.45) is -0.0821. The van der Waals surface area contributed by atoms with Crippen LogP contribution in [0.4, 0.5) is 10.5 Å². The van der Waals surface area contributed by atoms with Crippen molar-refractivity contribution in [2.45, 2.75) is 91.5 Å². The standard InChI is InChI=1S/C35H45N3O5/c1-9-35(7,8)38(30(26-18-14-23(2)15-19-26)31(40)36-28-13-11-10-12-24(28)3)32(41)29(37-33(42)43-34(4,5)6)22-25-16-20-27(39)21-17-25/h10-21,29-30,39H,9,22H2,1-8H3,(H,36,40)(H,37,42). The maximum atomic E-state index is 14.8. The van der Waals surface area contributed by atoms with Crippen molar-refractivity contribution >= 4 is 23.6 Å². The average molecular weight is 588 g/mol. The third kappa shape index (κ3) is 9.08. The van der Waals surface area contributed by atoms with Crippen molar-refractivity contribution < 1.29 is 24.2 Å². The number of ether oxygens (including phenoxy) is 1. The highest BCUT2D eigenvalue weighted by Gasteiger charge is 2.43. The van der Waals surface area contributed by atoms with Crippen molar-refractivity contribution in [1.82, 2.24) is 10.2 Å². The number of phenols is 1. The van der Waals surface area contributed by atoms with E-state index in [0.717, 1.165) is 16.7 Å². The zero-order valence-corrected chi connectivity index (χ0v) is 26.5. The topological polar surface area (TPSA) is 108 Å². The molecule has 0 saturated carbocycles. The van der Waals surface area contributed by atoms with E-state index in [9.17, 15) is 19.5 Å². The van der Waals surface area contributed by atoms with Crippen LogP contribution >= 0.6 is 0 Å². The molecule has 3 N–H and O–H groups in total. The van der Waals surface area contributed by atoms with E-state index < -0.39 is 35.2 Å². The fourth-order valence-electron chi connectivity index (χ4n) is 4.71. The summed E-state index contributed by atoms with van der Waals surface area (Å²) < 4.78 is 5.52. The van der Waals surface area contributed by atoms with Gasteiger partial charge in [-0.05, 0) is 89.8 Å². The lowest BCUT2D eigenvalue weighted by atomic mass is 9.91. The zero-order valence-electron chi connectivity index (χ0n) is 26.5. The summed E-state index contributed by atoms with van der Waals surface area (Å²) in [5, 5.41) is 15.6. The maximum absolute atomic E-state index is 14.8. The highest BCUT2D eigenvalue weighted by Crippen LogP contribution is 2.34. The molecule has 43 heavy (non-hydrogen) atoms. The molecule has 230 valence electrons. The fraction of sp³-hybridized carbons (Fsp3) is 0.400. The van der Waals surface area contributed by atoms with Crippen molar-refractivity contribution in [1.29, 1.82) is 0 Å². The van der Waals surface area contributed by atoms with Gasteiger partial charge in [0.25, 0.3) is 5.91 Å².